The van der Waals surface area contributed by atoms with Crippen molar-refractivity contribution in [2.75, 3.05) is 31.1 Å². The molecule has 1 fully saturated rings. The van der Waals surface area contributed by atoms with Crippen molar-refractivity contribution in [2.24, 2.45) is 0 Å². The molecule has 8 heteroatoms. The number of piperazine rings is 1. The third-order valence-corrected chi connectivity index (χ3v) is 6.79. The molecular formula is C23H23FN4O2S. The van der Waals surface area contributed by atoms with Crippen molar-refractivity contribution in [2.45, 2.75) is 6.92 Å². The molecule has 160 valence electrons. The van der Waals surface area contributed by atoms with E-state index in [1.165, 1.54) is 21.8 Å². The van der Waals surface area contributed by atoms with Crippen LogP contribution in [0.1, 0.15) is 11.1 Å². The van der Waals surface area contributed by atoms with Crippen LogP contribution in [0.5, 0.6) is 0 Å². The lowest BCUT2D eigenvalue weighted by molar-refractivity contribution is 0.388. The Morgan fingerprint density at radius 1 is 0.871 bits per heavy atom. The van der Waals surface area contributed by atoms with Gasteiger partial charge in [-0.15, -0.1) is 10.2 Å². The van der Waals surface area contributed by atoms with Gasteiger partial charge in [0.2, 0.25) is 10.0 Å². The standard InChI is InChI=1S/C23H23FN4O2S/c1-18-2-4-19(5-3-18)12-17-31(29,30)28-15-13-27(14-16-28)23-11-10-22(25-26-23)20-6-8-21(24)9-7-20/h2-12,17H,13-16H2,1H3. The van der Waals surface area contributed by atoms with Crippen molar-refractivity contribution < 1.29 is 12.8 Å². The Morgan fingerprint density at radius 2 is 1.55 bits per heavy atom. The lowest BCUT2D eigenvalue weighted by atomic mass is 10.1. The fourth-order valence-corrected chi connectivity index (χ4v) is 4.54. The van der Waals surface area contributed by atoms with Crippen LogP contribution in [0, 0.1) is 12.7 Å². The number of anilines is 1. The number of sulfonamides is 1. The highest BCUT2D eigenvalue weighted by Gasteiger charge is 2.25. The van der Waals surface area contributed by atoms with Crippen molar-refractivity contribution in [3.63, 3.8) is 0 Å². The number of benzene rings is 2. The second kappa shape index (κ2) is 8.95. The maximum absolute atomic E-state index is 13.1. The van der Waals surface area contributed by atoms with Crippen molar-refractivity contribution >= 4 is 21.9 Å². The number of nitrogens with zero attached hydrogens (tertiary/aromatic N) is 4. The Balaban J connectivity index is 1.37. The van der Waals surface area contributed by atoms with E-state index in [0.717, 1.165) is 16.7 Å². The normalized spacial score (nSPS) is 15.5. The predicted octanol–water partition coefficient (Wildman–Crippen LogP) is 3.71. The third-order valence-electron chi connectivity index (χ3n) is 5.22. The van der Waals surface area contributed by atoms with Crippen molar-refractivity contribution in [3.8, 4) is 11.3 Å². The molecule has 0 bridgehead atoms. The molecule has 1 aliphatic heterocycles. The van der Waals surface area contributed by atoms with Gasteiger partial charge in [0, 0.05) is 37.2 Å². The van der Waals surface area contributed by atoms with Gasteiger partial charge < -0.3 is 4.90 Å². The summed E-state index contributed by atoms with van der Waals surface area (Å²) in [6.07, 6.45) is 1.63. The smallest absolute Gasteiger partial charge is 0.236 e. The molecule has 0 radical (unpaired) electrons. The first-order valence-electron chi connectivity index (χ1n) is 10.0. The van der Waals surface area contributed by atoms with E-state index in [1.807, 2.05) is 48.2 Å². The molecule has 6 nitrogen and oxygen atoms in total. The summed E-state index contributed by atoms with van der Waals surface area (Å²) in [5, 5.41) is 9.77. The SMILES string of the molecule is Cc1ccc(C=CS(=O)(=O)N2CCN(c3ccc(-c4ccc(F)cc4)nn3)CC2)cc1. The molecule has 0 aliphatic carbocycles. The summed E-state index contributed by atoms with van der Waals surface area (Å²) in [5.41, 5.74) is 3.43. The lowest BCUT2D eigenvalue weighted by Gasteiger charge is -2.33. The van der Waals surface area contributed by atoms with Crippen LogP contribution in [-0.4, -0.2) is 49.1 Å². The van der Waals surface area contributed by atoms with E-state index in [-0.39, 0.29) is 5.82 Å². The summed E-state index contributed by atoms with van der Waals surface area (Å²) in [6, 6.07) is 17.5. The largest absolute Gasteiger partial charge is 0.352 e. The number of hydrogen-bond donors (Lipinski definition) is 0. The Labute approximate surface area is 181 Å². The average Bonchev–Trinajstić information content (AvgIpc) is 2.79. The number of halogens is 1. The minimum atomic E-state index is -3.48. The van der Waals surface area contributed by atoms with Crippen LogP contribution in [0.4, 0.5) is 10.2 Å². The van der Waals surface area contributed by atoms with Gasteiger partial charge in [-0.2, -0.15) is 4.31 Å². The zero-order valence-corrected chi connectivity index (χ0v) is 18.0. The molecule has 2 heterocycles. The summed E-state index contributed by atoms with van der Waals surface area (Å²) >= 11 is 0. The molecule has 0 N–H and O–H groups in total. The third kappa shape index (κ3) is 5.15. The second-order valence-electron chi connectivity index (χ2n) is 7.43. The summed E-state index contributed by atoms with van der Waals surface area (Å²) in [5.74, 6) is 0.396. The molecule has 0 saturated carbocycles. The van der Waals surface area contributed by atoms with Gasteiger partial charge in [0.15, 0.2) is 5.82 Å². The van der Waals surface area contributed by atoms with Gasteiger partial charge in [-0.1, -0.05) is 29.8 Å². The molecule has 0 spiro atoms. The summed E-state index contributed by atoms with van der Waals surface area (Å²) < 4.78 is 39.9. The second-order valence-corrected chi connectivity index (χ2v) is 9.25. The van der Waals surface area contributed by atoms with Crippen LogP contribution in [0.2, 0.25) is 0 Å². The molecule has 3 aromatic rings. The van der Waals surface area contributed by atoms with Crippen LogP contribution >= 0.6 is 0 Å². The Hall–Kier alpha value is -3.10. The average molecular weight is 439 g/mol. The fourth-order valence-electron chi connectivity index (χ4n) is 3.37. The maximum Gasteiger partial charge on any atom is 0.236 e. The highest BCUT2D eigenvalue weighted by atomic mass is 32.2. The van der Waals surface area contributed by atoms with Crippen molar-refractivity contribution in [1.82, 2.24) is 14.5 Å². The van der Waals surface area contributed by atoms with Crippen molar-refractivity contribution in [1.29, 1.82) is 0 Å². The number of rotatable bonds is 5. The van der Waals surface area contributed by atoms with Gasteiger partial charge in [-0.25, -0.2) is 12.8 Å². The maximum atomic E-state index is 13.1. The number of aromatic nitrogens is 2. The van der Waals surface area contributed by atoms with Gasteiger partial charge in [-0.05, 0) is 55.0 Å². The Kier molecular flexibility index (Phi) is 6.11. The zero-order valence-electron chi connectivity index (χ0n) is 17.1. The van der Waals surface area contributed by atoms with Crippen LogP contribution in [0.25, 0.3) is 17.3 Å². The lowest BCUT2D eigenvalue weighted by Crippen LogP contribution is -2.48. The van der Waals surface area contributed by atoms with Gasteiger partial charge in [0.1, 0.15) is 5.82 Å². The zero-order chi connectivity index (χ0) is 21.8. The van der Waals surface area contributed by atoms with Gasteiger partial charge in [0.05, 0.1) is 5.69 Å². The van der Waals surface area contributed by atoms with E-state index >= 15 is 0 Å². The Morgan fingerprint density at radius 3 is 2.16 bits per heavy atom. The molecule has 0 unspecified atom stereocenters. The van der Waals surface area contributed by atoms with Gasteiger partial charge in [-0.3, -0.25) is 0 Å². The summed E-state index contributed by atoms with van der Waals surface area (Å²) in [7, 11) is -3.48. The molecule has 2 aromatic carbocycles. The fraction of sp³-hybridized carbons (Fsp3) is 0.217. The Bertz CT molecular complexity index is 1150. The van der Waals surface area contributed by atoms with Crippen LogP contribution in [0.3, 0.4) is 0 Å². The van der Waals surface area contributed by atoms with Gasteiger partial charge >= 0.3 is 0 Å². The minimum absolute atomic E-state index is 0.296. The van der Waals surface area contributed by atoms with Crippen LogP contribution in [0.15, 0.2) is 66.1 Å². The quantitative estimate of drug-likeness (QED) is 0.608. The molecule has 1 saturated heterocycles. The highest BCUT2D eigenvalue weighted by Crippen LogP contribution is 2.20. The minimum Gasteiger partial charge on any atom is -0.352 e. The van der Waals surface area contributed by atoms with Crippen LogP contribution < -0.4 is 4.90 Å². The monoisotopic (exact) mass is 438 g/mol. The number of aryl methyl sites for hydroxylation is 1. The molecule has 31 heavy (non-hydrogen) atoms. The van der Waals surface area contributed by atoms with E-state index in [2.05, 4.69) is 10.2 Å². The molecule has 1 aliphatic rings. The molecule has 0 atom stereocenters. The number of hydrogen-bond acceptors (Lipinski definition) is 5. The first-order valence-corrected chi connectivity index (χ1v) is 11.5. The van der Waals surface area contributed by atoms with E-state index in [0.29, 0.717) is 37.7 Å². The first kappa shape index (κ1) is 21.1. The highest BCUT2D eigenvalue weighted by molar-refractivity contribution is 7.92. The summed E-state index contributed by atoms with van der Waals surface area (Å²) in [4.78, 5) is 2.01. The molecule has 4 rings (SSSR count). The molecular weight excluding hydrogens is 415 g/mol. The van der Waals surface area contributed by atoms with Crippen molar-refractivity contribution in [3.05, 3.63) is 83.0 Å². The summed E-state index contributed by atoms with van der Waals surface area (Å²) in [6.45, 7) is 3.80. The van der Waals surface area contributed by atoms with Crippen LogP contribution in [-0.2, 0) is 10.0 Å². The van der Waals surface area contributed by atoms with E-state index in [9.17, 15) is 12.8 Å². The molecule has 1 aromatic heterocycles. The predicted molar refractivity (Wildman–Crippen MR) is 120 cm³/mol. The first-order chi connectivity index (χ1) is 14.9. The topological polar surface area (TPSA) is 66.4 Å². The van der Waals surface area contributed by atoms with Gasteiger partial charge in [0.25, 0.3) is 0 Å². The van der Waals surface area contributed by atoms with E-state index < -0.39 is 10.0 Å². The van der Waals surface area contributed by atoms with E-state index in [4.69, 9.17) is 0 Å². The van der Waals surface area contributed by atoms with E-state index in [1.54, 1.807) is 18.2 Å². The molecule has 0 amide bonds.